The molecule has 0 aliphatic carbocycles. The minimum absolute atomic E-state index is 0.0508. The van der Waals surface area contributed by atoms with Gasteiger partial charge in [0, 0.05) is 13.2 Å². The van der Waals surface area contributed by atoms with Crippen LogP contribution in [0.3, 0.4) is 0 Å². The van der Waals surface area contributed by atoms with Gasteiger partial charge in [0.15, 0.2) is 5.75 Å². The SMILES string of the molecule is COc1cc(-c2ccc3c(c2)Nc2ccc(CC(=O)N[C@H](CO)C(C)OC)cc2NC3=O)ccc1[N+](=O)[O-]. The molecule has 0 spiro atoms. The first-order valence-corrected chi connectivity index (χ1v) is 11.8. The minimum atomic E-state index is -0.533. The number of ether oxygens (including phenoxy) is 2. The molecule has 0 saturated carbocycles. The topological polar surface area (TPSA) is 152 Å². The van der Waals surface area contributed by atoms with Gasteiger partial charge in [0.1, 0.15) is 0 Å². The number of nitrogens with zero attached hydrogens (tertiary/aromatic N) is 1. The molecule has 4 N–H and O–H groups in total. The minimum Gasteiger partial charge on any atom is -0.490 e. The molecule has 3 aromatic rings. The highest BCUT2D eigenvalue weighted by atomic mass is 16.6. The lowest BCUT2D eigenvalue weighted by Gasteiger charge is -2.22. The Labute approximate surface area is 218 Å². The molecule has 3 aromatic carbocycles. The van der Waals surface area contributed by atoms with Gasteiger partial charge in [-0.15, -0.1) is 0 Å². The third-order valence-corrected chi connectivity index (χ3v) is 6.42. The molecule has 198 valence electrons. The van der Waals surface area contributed by atoms with Gasteiger partial charge in [0.25, 0.3) is 5.91 Å². The maximum absolute atomic E-state index is 13.0. The lowest BCUT2D eigenvalue weighted by Crippen LogP contribution is -2.45. The largest absolute Gasteiger partial charge is 0.490 e. The number of hydrogen-bond donors (Lipinski definition) is 4. The number of anilines is 3. The first kappa shape index (κ1) is 26.6. The van der Waals surface area contributed by atoms with Crippen LogP contribution >= 0.6 is 0 Å². The second-order valence-corrected chi connectivity index (χ2v) is 8.84. The molecule has 38 heavy (non-hydrogen) atoms. The zero-order valence-corrected chi connectivity index (χ0v) is 21.1. The van der Waals surface area contributed by atoms with Crippen molar-refractivity contribution in [3.63, 3.8) is 0 Å². The number of rotatable bonds is 9. The van der Waals surface area contributed by atoms with Gasteiger partial charge >= 0.3 is 5.69 Å². The van der Waals surface area contributed by atoms with Crippen LogP contribution in [0.1, 0.15) is 22.8 Å². The molecule has 1 unspecified atom stereocenters. The molecule has 0 aromatic heterocycles. The lowest BCUT2D eigenvalue weighted by molar-refractivity contribution is -0.385. The van der Waals surface area contributed by atoms with E-state index < -0.39 is 11.0 Å². The van der Waals surface area contributed by atoms with E-state index in [1.54, 1.807) is 55.5 Å². The molecule has 11 heteroatoms. The van der Waals surface area contributed by atoms with E-state index in [0.29, 0.717) is 33.8 Å². The number of nitro benzene ring substituents is 1. The van der Waals surface area contributed by atoms with E-state index in [4.69, 9.17) is 9.47 Å². The molecule has 0 saturated heterocycles. The highest BCUT2D eigenvalue weighted by Gasteiger charge is 2.22. The van der Waals surface area contributed by atoms with Gasteiger partial charge in [-0.2, -0.15) is 0 Å². The van der Waals surface area contributed by atoms with Crippen molar-refractivity contribution < 1.29 is 29.1 Å². The van der Waals surface area contributed by atoms with Crippen molar-refractivity contribution in [2.75, 3.05) is 31.5 Å². The number of fused-ring (bicyclic) bond motifs is 2. The molecule has 0 bridgehead atoms. The zero-order valence-electron chi connectivity index (χ0n) is 21.1. The molecule has 2 amide bonds. The Balaban J connectivity index is 1.57. The average molecular weight is 521 g/mol. The lowest BCUT2D eigenvalue weighted by atomic mass is 10.0. The Morgan fingerprint density at radius 3 is 2.45 bits per heavy atom. The number of benzene rings is 3. The van der Waals surface area contributed by atoms with Crippen molar-refractivity contribution in [2.24, 2.45) is 0 Å². The molecular weight excluding hydrogens is 492 g/mol. The number of carbonyl (C=O) groups is 2. The van der Waals surface area contributed by atoms with Crippen LogP contribution in [0.2, 0.25) is 0 Å². The average Bonchev–Trinajstić information content (AvgIpc) is 3.05. The summed E-state index contributed by atoms with van der Waals surface area (Å²) in [6.07, 6.45) is -0.301. The van der Waals surface area contributed by atoms with Crippen molar-refractivity contribution in [3.8, 4) is 16.9 Å². The first-order chi connectivity index (χ1) is 18.2. The van der Waals surface area contributed by atoms with Crippen molar-refractivity contribution in [1.82, 2.24) is 5.32 Å². The predicted molar refractivity (Wildman–Crippen MR) is 142 cm³/mol. The molecule has 1 heterocycles. The molecular formula is C27H28N4O7. The normalized spacial score (nSPS) is 13.6. The van der Waals surface area contributed by atoms with Crippen molar-refractivity contribution in [3.05, 3.63) is 75.8 Å². The van der Waals surface area contributed by atoms with Gasteiger partial charge in [-0.3, -0.25) is 19.7 Å². The highest BCUT2D eigenvalue weighted by Crippen LogP contribution is 2.37. The Bertz CT molecular complexity index is 1390. The Morgan fingerprint density at radius 2 is 1.76 bits per heavy atom. The fraction of sp³-hybridized carbons (Fsp3) is 0.259. The quantitative estimate of drug-likeness (QED) is 0.247. The van der Waals surface area contributed by atoms with E-state index in [1.165, 1.54) is 20.3 Å². The summed E-state index contributed by atoms with van der Waals surface area (Å²) in [4.78, 5) is 36.2. The van der Waals surface area contributed by atoms with E-state index in [9.17, 15) is 24.8 Å². The van der Waals surface area contributed by atoms with Gasteiger partial charge in [0.05, 0.1) is 59.8 Å². The van der Waals surface area contributed by atoms with E-state index >= 15 is 0 Å². The van der Waals surface area contributed by atoms with Gasteiger partial charge in [-0.25, -0.2) is 0 Å². The van der Waals surface area contributed by atoms with E-state index in [-0.39, 0.29) is 42.4 Å². The standard InChI is InChI=1S/C27H28N4O7/c1-15(37-2)23(14-32)29-26(33)11-16-4-8-20-22(10-16)30-27(34)19-7-5-17(12-21(19)28-20)18-6-9-24(31(35)36)25(13-18)38-3/h4-10,12-13,15,23,28,32H,11,14H2,1-3H3,(H,29,33)(H,30,34)/t15?,23-/m1/s1. The summed E-state index contributed by atoms with van der Waals surface area (Å²) in [6, 6.07) is 14.5. The summed E-state index contributed by atoms with van der Waals surface area (Å²) in [7, 11) is 2.88. The number of methoxy groups -OCH3 is 2. The second kappa shape index (κ2) is 11.3. The van der Waals surface area contributed by atoms with E-state index in [2.05, 4.69) is 16.0 Å². The van der Waals surface area contributed by atoms with Crippen molar-refractivity contribution >= 4 is 34.6 Å². The highest BCUT2D eigenvalue weighted by molar-refractivity contribution is 6.12. The van der Waals surface area contributed by atoms with Crippen LogP contribution in [-0.2, 0) is 16.0 Å². The maximum atomic E-state index is 13.0. The molecule has 1 aliphatic heterocycles. The monoisotopic (exact) mass is 520 g/mol. The Hall–Kier alpha value is -4.48. The number of carbonyl (C=O) groups excluding carboxylic acids is 2. The predicted octanol–water partition coefficient (Wildman–Crippen LogP) is 3.63. The molecule has 11 nitrogen and oxygen atoms in total. The van der Waals surface area contributed by atoms with Crippen LogP contribution in [0, 0.1) is 10.1 Å². The van der Waals surface area contributed by atoms with E-state index in [1.807, 2.05) is 0 Å². The molecule has 0 fully saturated rings. The fourth-order valence-corrected chi connectivity index (χ4v) is 4.20. The zero-order chi connectivity index (χ0) is 27.4. The summed E-state index contributed by atoms with van der Waals surface area (Å²) in [5.41, 5.74) is 4.08. The maximum Gasteiger partial charge on any atom is 0.310 e. The first-order valence-electron chi connectivity index (χ1n) is 11.8. The second-order valence-electron chi connectivity index (χ2n) is 8.84. The number of aliphatic hydroxyl groups excluding tert-OH is 1. The van der Waals surface area contributed by atoms with Crippen LogP contribution in [0.25, 0.3) is 11.1 Å². The molecule has 1 aliphatic rings. The summed E-state index contributed by atoms with van der Waals surface area (Å²) in [5.74, 6) is -0.473. The smallest absolute Gasteiger partial charge is 0.310 e. The van der Waals surface area contributed by atoms with Gasteiger partial charge in [-0.1, -0.05) is 12.1 Å². The van der Waals surface area contributed by atoms with Crippen LogP contribution < -0.4 is 20.7 Å². The van der Waals surface area contributed by atoms with Crippen LogP contribution in [0.5, 0.6) is 5.75 Å². The van der Waals surface area contributed by atoms with Gasteiger partial charge in [0.2, 0.25) is 5.91 Å². The summed E-state index contributed by atoms with van der Waals surface area (Å²) < 4.78 is 10.4. The fourth-order valence-electron chi connectivity index (χ4n) is 4.20. The Morgan fingerprint density at radius 1 is 1.03 bits per heavy atom. The number of aliphatic hydroxyl groups is 1. The van der Waals surface area contributed by atoms with Gasteiger partial charge < -0.3 is 30.5 Å². The summed E-state index contributed by atoms with van der Waals surface area (Å²) in [5, 5.41) is 29.7. The molecule has 2 atom stereocenters. The number of amides is 2. The van der Waals surface area contributed by atoms with Crippen LogP contribution in [0.4, 0.5) is 22.7 Å². The number of hydrogen-bond acceptors (Lipinski definition) is 8. The van der Waals surface area contributed by atoms with Crippen molar-refractivity contribution in [2.45, 2.75) is 25.5 Å². The summed E-state index contributed by atoms with van der Waals surface area (Å²) in [6.45, 7) is 1.50. The summed E-state index contributed by atoms with van der Waals surface area (Å²) >= 11 is 0. The van der Waals surface area contributed by atoms with Gasteiger partial charge in [-0.05, 0) is 60.0 Å². The van der Waals surface area contributed by atoms with E-state index in [0.717, 1.165) is 5.56 Å². The third-order valence-electron chi connectivity index (χ3n) is 6.42. The number of nitrogens with one attached hydrogen (secondary N) is 3. The van der Waals surface area contributed by atoms with Crippen LogP contribution in [0.15, 0.2) is 54.6 Å². The van der Waals surface area contributed by atoms with Crippen molar-refractivity contribution in [1.29, 1.82) is 0 Å². The number of nitro groups is 1. The third kappa shape index (κ3) is 5.58. The molecule has 4 rings (SSSR count). The Kier molecular flexibility index (Phi) is 7.89. The van der Waals surface area contributed by atoms with Crippen LogP contribution in [-0.4, -0.2) is 54.8 Å². The molecule has 0 radical (unpaired) electrons.